The number of benzene rings is 1. The Bertz CT molecular complexity index is 608. The van der Waals surface area contributed by atoms with Crippen molar-refractivity contribution in [3.05, 3.63) is 46.2 Å². The van der Waals surface area contributed by atoms with Gasteiger partial charge in [0.1, 0.15) is 11.4 Å². The summed E-state index contributed by atoms with van der Waals surface area (Å²) in [7, 11) is 1.72. The number of amides is 1. The number of aromatic hydroxyl groups is 1. The lowest BCUT2D eigenvalue weighted by Crippen LogP contribution is -2.15. The monoisotopic (exact) mass is 284 g/mol. The zero-order valence-electron chi connectivity index (χ0n) is 9.45. The van der Waals surface area contributed by atoms with Crippen molar-refractivity contribution in [3.8, 4) is 5.75 Å². The summed E-state index contributed by atoms with van der Waals surface area (Å²) in [6.45, 7) is 0. The van der Waals surface area contributed by atoms with E-state index in [1.54, 1.807) is 29.9 Å². The Balaban J connectivity index is 2.21. The molecule has 2 rings (SSSR count). The van der Waals surface area contributed by atoms with Crippen molar-refractivity contribution in [3.63, 3.8) is 0 Å². The number of aryl methyl sites for hydroxylation is 1. The van der Waals surface area contributed by atoms with Crippen molar-refractivity contribution in [2.45, 2.75) is 0 Å². The van der Waals surface area contributed by atoms with Gasteiger partial charge in [0.2, 0.25) is 0 Å². The van der Waals surface area contributed by atoms with Gasteiger partial charge < -0.3 is 15.0 Å². The van der Waals surface area contributed by atoms with Crippen LogP contribution in [-0.2, 0) is 7.05 Å². The molecule has 0 aliphatic carbocycles. The number of hydrogen-bond acceptors (Lipinski definition) is 2. The minimum Gasteiger partial charge on any atom is -0.506 e. The van der Waals surface area contributed by atoms with Gasteiger partial charge in [-0.05, 0) is 18.2 Å². The van der Waals surface area contributed by atoms with Crippen molar-refractivity contribution in [2.75, 3.05) is 5.32 Å². The first kappa shape index (κ1) is 12.8. The van der Waals surface area contributed by atoms with Gasteiger partial charge in [0, 0.05) is 25.0 Å². The Hall–Kier alpha value is -1.65. The molecular formula is C12H10Cl2N2O2. The molecule has 0 bridgehead atoms. The highest BCUT2D eigenvalue weighted by Gasteiger charge is 2.12. The van der Waals surface area contributed by atoms with E-state index in [2.05, 4.69) is 5.32 Å². The van der Waals surface area contributed by atoms with E-state index >= 15 is 0 Å². The number of nitrogens with zero attached hydrogens (tertiary/aromatic N) is 1. The fraction of sp³-hybridized carbons (Fsp3) is 0.0833. The molecule has 6 heteroatoms. The molecule has 0 aliphatic rings. The van der Waals surface area contributed by atoms with E-state index in [0.717, 1.165) is 0 Å². The van der Waals surface area contributed by atoms with Gasteiger partial charge in [0.15, 0.2) is 0 Å². The minimum atomic E-state index is -0.314. The van der Waals surface area contributed by atoms with E-state index in [-0.39, 0.29) is 16.7 Å². The maximum absolute atomic E-state index is 11.9. The molecule has 1 heterocycles. The van der Waals surface area contributed by atoms with Crippen LogP contribution in [0.2, 0.25) is 10.0 Å². The fourth-order valence-electron chi connectivity index (χ4n) is 1.54. The molecule has 0 unspecified atom stereocenters. The van der Waals surface area contributed by atoms with E-state index in [4.69, 9.17) is 23.2 Å². The van der Waals surface area contributed by atoms with E-state index in [1.807, 2.05) is 0 Å². The van der Waals surface area contributed by atoms with Crippen molar-refractivity contribution < 1.29 is 9.90 Å². The van der Waals surface area contributed by atoms with Gasteiger partial charge in [-0.25, -0.2) is 0 Å². The van der Waals surface area contributed by atoms with Crippen LogP contribution in [0.5, 0.6) is 5.75 Å². The third-order valence-corrected chi connectivity index (χ3v) is 2.93. The van der Waals surface area contributed by atoms with Crippen LogP contribution in [0.4, 0.5) is 5.69 Å². The first-order valence-electron chi connectivity index (χ1n) is 5.09. The van der Waals surface area contributed by atoms with Gasteiger partial charge >= 0.3 is 0 Å². The second-order valence-electron chi connectivity index (χ2n) is 3.77. The lowest BCUT2D eigenvalue weighted by Gasteiger charge is -2.06. The number of aromatic nitrogens is 1. The number of carbonyl (C=O) groups is 1. The Kier molecular flexibility index (Phi) is 3.50. The van der Waals surface area contributed by atoms with Crippen LogP contribution >= 0.6 is 23.2 Å². The second-order valence-corrected chi connectivity index (χ2v) is 4.62. The summed E-state index contributed by atoms with van der Waals surface area (Å²) in [4.78, 5) is 11.9. The van der Waals surface area contributed by atoms with Crippen molar-refractivity contribution in [2.24, 2.45) is 7.05 Å². The van der Waals surface area contributed by atoms with Gasteiger partial charge in [-0.2, -0.15) is 0 Å². The Morgan fingerprint density at radius 3 is 2.61 bits per heavy atom. The number of halogens is 2. The van der Waals surface area contributed by atoms with E-state index in [1.165, 1.54) is 12.1 Å². The zero-order chi connectivity index (χ0) is 13.3. The third-order valence-electron chi connectivity index (χ3n) is 2.41. The summed E-state index contributed by atoms with van der Waals surface area (Å²) in [5.74, 6) is -0.398. The number of anilines is 1. The molecule has 1 amide bonds. The summed E-state index contributed by atoms with van der Waals surface area (Å²) in [6, 6.07) is 6.05. The number of carbonyl (C=O) groups excluding carboxylic acids is 1. The Morgan fingerprint density at radius 2 is 2.06 bits per heavy atom. The molecule has 2 aromatic rings. The van der Waals surface area contributed by atoms with Crippen LogP contribution < -0.4 is 5.32 Å². The van der Waals surface area contributed by atoms with E-state index in [0.29, 0.717) is 16.4 Å². The Morgan fingerprint density at radius 1 is 1.33 bits per heavy atom. The third kappa shape index (κ3) is 2.60. The average Bonchev–Trinajstić information content (AvgIpc) is 2.63. The molecule has 94 valence electrons. The first-order chi connectivity index (χ1) is 8.47. The molecule has 0 fully saturated rings. The predicted octanol–water partition coefficient (Wildman–Crippen LogP) is 3.29. The molecule has 18 heavy (non-hydrogen) atoms. The molecule has 1 aromatic heterocycles. The zero-order valence-corrected chi connectivity index (χ0v) is 11.0. The molecule has 0 radical (unpaired) electrons. The van der Waals surface area contributed by atoms with Gasteiger partial charge in [-0.15, -0.1) is 0 Å². The van der Waals surface area contributed by atoms with Crippen LogP contribution in [0, 0.1) is 0 Å². The lowest BCUT2D eigenvalue weighted by molar-refractivity contribution is 0.101. The molecule has 0 saturated heterocycles. The maximum atomic E-state index is 11.9. The quantitative estimate of drug-likeness (QED) is 0.889. The van der Waals surface area contributed by atoms with Crippen molar-refractivity contribution in [1.82, 2.24) is 4.57 Å². The van der Waals surface area contributed by atoms with Crippen LogP contribution in [0.3, 0.4) is 0 Å². The van der Waals surface area contributed by atoms with E-state index in [9.17, 15) is 9.90 Å². The molecule has 2 N–H and O–H groups in total. The number of phenolic OH excluding ortho intramolecular Hbond substituents is 1. The summed E-state index contributed by atoms with van der Waals surface area (Å²) >= 11 is 11.5. The number of nitrogens with one attached hydrogen (secondary N) is 1. The molecule has 4 nitrogen and oxygen atoms in total. The maximum Gasteiger partial charge on any atom is 0.272 e. The molecule has 0 atom stereocenters. The predicted molar refractivity (Wildman–Crippen MR) is 71.5 cm³/mol. The topological polar surface area (TPSA) is 54.3 Å². The van der Waals surface area contributed by atoms with Crippen molar-refractivity contribution >= 4 is 34.8 Å². The normalized spacial score (nSPS) is 10.4. The molecule has 0 aliphatic heterocycles. The molecule has 0 spiro atoms. The number of phenols is 1. The summed E-state index contributed by atoms with van der Waals surface area (Å²) in [5.41, 5.74) is 0.883. The highest BCUT2D eigenvalue weighted by atomic mass is 35.5. The minimum absolute atomic E-state index is 0.0839. The average molecular weight is 285 g/mol. The summed E-state index contributed by atoms with van der Waals surface area (Å²) in [6.07, 6.45) is 1.63. The second kappa shape index (κ2) is 4.92. The highest BCUT2D eigenvalue weighted by Crippen LogP contribution is 2.26. The summed E-state index contributed by atoms with van der Waals surface area (Å²) < 4.78 is 1.62. The molecule has 1 aromatic carbocycles. The van der Waals surface area contributed by atoms with Gasteiger partial charge in [0.25, 0.3) is 5.91 Å². The van der Waals surface area contributed by atoms with Crippen LogP contribution in [-0.4, -0.2) is 15.6 Å². The van der Waals surface area contributed by atoms with Crippen LogP contribution in [0.15, 0.2) is 30.5 Å². The Labute approximate surface area is 114 Å². The smallest absolute Gasteiger partial charge is 0.272 e. The number of hydrogen-bond donors (Lipinski definition) is 2. The van der Waals surface area contributed by atoms with Crippen molar-refractivity contribution in [1.29, 1.82) is 0 Å². The van der Waals surface area contributed by atoms with E-state index < -0.39 is 0 Å². The largest absolute Gasteiger partial charge is 0.506 e. The number of rotatable bonds is 2. The molecular weight excluding hydrogens is 275 g/mol. The van der Waals surface area contributed by atoms with Gasteiger partial charge in [-0.3, -0.25) is 4.79 Å². The summed E-state index contributed by atoms with van der Waals surface area (Å²) in [5, 5.41) is 12.8. The van der Waals surface area contributed by atoms with Gasteiger partial charge in [0.05, 0.1) is 10.0 Å². The fourth-order valence-corrected chi connectivity index (χ4v) is 1.90. The molecule has 0 saturated carbocycles. The van der Waals surface area contributed by atoms with Crippen LogP contribution in [0.1, 0.15) is 10.5 Å². The van der Waals surface area contributed by atoms with Gasteiger partial charge in [-0.1, -0.05) is 23.2 Å². The standard InChI is InChI=1S/C12H10Cl2N2O2/c1-16-6-7(13)4-10(16)12(18)15-8-2-3-9(14)11(17)5-8/h2-6,17H,1H3,(H,15,18). The SMILES string of the molecule is Cn1cc(Cl)cc1C(=O)Nc1ccc(Cl)c(O)c1. The lowest BCUT2D eigenvalue weighted by atomic mass is 10.3. The van der Waals surface area contributed by atoms with Crippen LogP contribution in [0.25, 0.3) is 0 Å². The highest BCUT2D eigenvalue weighted by molar-refractivity contribution is 6.32. The first-order valence-corrected chi connectivity index (χ1v) is 5.84.